The fourth-order valence-electron chi connectivity index (χ4n) is 4.04. The lowest BCUT2D eigenvalue weighted by atomic mass is 9.84. The summed E-state index contributed by atoms with van der Waals surface area (Å²) < 4.78 is 79.1. The standard InChI is InChI=1S/C21H21F6N5/c22-17-13(1-2-15(32-17)7-12-3-5-20(23,24)6-4-12)8-14-9-28-18-16(14)19(31-11-30-18)29-10-21(25,26)27/h1-2,9,11-12H,3-8,10H2,(H2,28,29,30,31). The van der Waals surface area contributed by atoms with Crippen molar-refractivity contribution in [1.82, 2.24) is 19.9 Å². The molecule has 2 N–H and O–H groups in total. The molecule has 1 aliphatic rings. The lowest BCUT2D eigenvalue weighted by Crippen LogP contribution is -2.25. The third-order valence-electron chi connectivity index (χ3n) is 5.71. The Morgan fingerprint density at radius 2 is 1.84 bits per heavy atom. The molecule has 5 nitrogen and oxygen atoms in total. The number of aromatic amines is 1. The smallest absolute Gasteiger partial charge is 0.361 e. The second kappa shape index (κ2) is 8.59. The van der Waals surface area contributed by atoms with Gasteiger partial charge in [0.05, 0.1) is 5.39 Å². The molecule has 1 fully saturated rings. The van der Waals surface area contributed by atoms with E-state index >= 15 is 0 Å². The summed E-state index contributed by atoms with van der Waals surface area (Å²) in [7, 11) is 0. The molecule has 1 saturated carbocycles. The van der Waals surface area contributed by atoms with Gasteiger partial charge >= 0.3 is 6.18 Å². The van der Waals surface area contributed by atoms with Crippen LogP contribution in [0.3, 0.4) is 0 Å². The predicted molar refractivity (Wildman–Crippen MR) is 106 cm³/mol. The van der Waals surface area contributed by atoms with Crippen LogP contribution >= 0.6 is 0 Å². The molecule has 3 aromatic rings. The number of hydrogen-bond acceptors (Lipinski definition) is 4. The second-order valence-corrected chi connectivity index (χ2v) is 8.16. The van der Waals surface area contributed by atoms with Crippen molar-refractivity contribution in [2.45, 2.75) is 50.6 Å². The molecule has 11 heteroatoms. The van der Waals surface area contributed by atoms with Crippen LogP contribution < -0.4 is 5.32 Å². The lowest BCUT2D eigenvalue weighted by Gasteiger charge is -2.28. The summed E-state index contributed by atoms with van der Waals surface area (Å²) in [6, 6.07) is 3.24. The molecular formula is C21H21F6N5. The summed E-state index contributed by atoms with van der Waals surface area (Å²) in [6.45, 7) is -1.26. The molecule has 32 heavy (non-hydrogen) atoms. The van der Waals surface area contributed by atoms with Gasteiger partial charge in [-0.2, -0.15) is 17.6 Å². The zero-order valence-electron chi connectivity index (χ0n) is 16.9. The van der Waals surface area contributed by atoms with E-state index in [1.54, 1.807) is 18.3 Å². The van der Waals surface area contributed by atoms with Gasteiger partial charge in [0.1, 0.15) is 24.3 Å². The quantitative estimate of drug-likeness (QED) is 0.383. The first-order valence-electron chi connectivity index (χ1n) is 10.2. The number of halogens is 6. The number of rotatable bonds is 6. The molecule has 3 heterocycles. The van der Waals surface area contributed by atoms with E-state index < -0.39 is 24.6 Å². The van der Waals surface area contributed by atoms with Crippen LogP contribution in [0.15, 0.2) is 24.7 Å². The number of fused-ring (bicyclic) bond motifs is 1. The van der Waals surface area contributed by atoms with Crippen LogP contribution in [-0.2, 0) is 12.8 Å². The Labute approximate surface area is 179 Å². The lowest BCUT2D eigenvalue weighted by molar-refractivity contribution is -0.115. The first-order valence-corrected chi connectivity index (χ1v) is 10.2. The number of anilines is 1. The van der Waals surface area contributed by atoms with E-state index in [4.69, 9.17) is 0 Å². The van der Waals surface area contributed by atoms with Crippen LogP contribution in [0.25, 0.3) is 11.0 Å². The maximum atomic E-state index is 14.7. The monoisotopic (exact) mass is 457 g/mol. The van der Waals surface area contributed by atoms with Gasteiger partial charge in [-0.3, -0.25) is 0 Å². The molecule has 0 atom stereocenters. The van der Waals surface area contributed by atoms with Gasteiger partial charge in [-0.05, 0) is 36.8 Å². The predicted octanol–water partition coefficient (Wildman–Crippen LogP) is 5.43. The highest BCUT2D eigenvalue weighted by molar-refractivity contribution is 5.90. The molecule has 1 aliphatic carbocycles. The zero-order chi connectivity index (χ0) is 22.9. The summed E-state index contributed by atoms with van der Waals surface area (Å²) >= 11 is 0. The van der Waals surface area contributed by atoms with Gasteiger partial charge in [0.15, 0.2) is 0 Å². The topological polar surface area (TPSA) is 66.5 Å². The molecule has 4 rings (SSSR count). The summed E-state index contributed by atoms with van der Waals surface area (Å²) in [6.07, 6.45) is -0.803. The number of pyridine rings is 1. The normalized spacial score (nSPS) is 17.1. The van der Waals surface area contributed by atoms with Gasteiger partial charge in [0.2, 0.25) is 11.9 Å². The van der Waals surface area contributed by atoms with Crippen molar-refractivity contribution < 1.29 is 26.3 Å². The first-order chi connectivity index (χ1) is 15.1. The Hall–Kier alpha value is -2.85. The van der Waals surface area contributed by atoms with Crippen molar-refractivity contribution >= 4 is 16.9 Å². The van der Waals surface area contributed by atoms with Gasteiger partial charge in [-0.1, -0.05) is 6.07 Å². The molecule has 0 spiro atoms. The average Bonchev–Trinajstić information content (AvgIpc) is 3.13. The van der Waals surface area contributed by atoms with Gasteiger partial charge < -0.3 is 10.3 Å². The first kappa shape index (κ1) is 22.3. The Bertz CT molecular complexity index is 1080. The van der Waals surface area contributed by atoms with Crippen LogP contribution in [0.2, 0.25) is 0 Å². The molecule has 0 aliphatic heterocycles. The largest absolute Gasteiger partial charge is 0.405 e. The molecule has 172 valence electrons. The number of H-pyrrole nitrogens is 1. The second-order valence-electron chi connectivity index (χ2n) is 8.16. The van der Waals surface area contributed by atoms with E-state index in [1.165, 1.54) is 0 Å². The Balaban J connectivity index is 1.49. The van der Waals surface area contributed by atoms with E-state index in [9.17, 15) is 26.3 Å². The van der Waals surface area contributed by atoms with Crippen molar-refractivity contribution in [3.8, 4) is 0 Å². The van der Waals surface area contributed by atoms with Crippen molar-refractivity contribution in [2.24, 2.45) is 5.92 Å². The van der Waals surface area contributed by atoms with Gasteiger partial charge in [0.25, 0.3) is 0 Å². The Morgan fingerprint density at radius 1 is 1.09 bits per heavy atom. The van der Waals surface area contributed by atoms with Crippen molar-refractivity contribution in [3.63, 3.8) is 0 Å². The van der Waals surface area contributed by atoms with Crippen molar-refractivity contribution in [1.29, 1.82) is 0 Å². The van der Waals surface area contributed by atoms with Crippen LogP contribution in [0, 0.1) is 11.9 Å². The summed E-state index contributed by atoms with van der Waals surface area (Å²) in [5.41, 5.74) is 1.61. The SMILES string of the molecule is Fc1nc(CC2CCC(F)(F)CC2)ccc1Cc1c[nH]c2ncnc(NCC(F)(F)F)c12. The van der Waals surface area contributed by atoms with E-state index in [0.717, 1.165) is 6.33 Å². The molecular weight excluding hydrogens is 436 g/mol. The zero-order valence-corrected chi connectivity index (χ0v) is 16.9. The van der Waals surface area contributed by atoms with Crippen LogP contribution in [0.1, 0.15) is 42.5 Å². The number of aromatic nitrogens is 4. The highest BCUT2D eigenvalue weighted by atomic mass is 19.4. The van der Waals surface area contributed by atoms with E-state index in [0.29, 0.717) is 41.6 Å². The minimum absolute atomic E-state index is 0.00247. The number of hydrogen-bond donors (Lipinski definition) is 2. The maximum Gasteiger partial charge on any atom is 0.405 e. The molecule has 0 unspecified atom stereocenters. The summed E-state index contributed by atoms with van der Waals surface area (Å²) in [4.78, 5) is 14.8. The number of nitrogens with zero attached hydrogens (tertiary/aromatic N) is 3. The Morgan fingerprint density at radius 3 is 2.53 bits per heavy atom. The molecule has 0 aromatic carbocycles. The molecule has 0 saturated heterocycles. The number of alkyl halides is 5. The minimum atomic E-state index is -4.42. The molecule has 3 aromatic heterocycles. The summed E-state index contributed by atoms with van der Waals surface area (Å²) in [5.74, 6) is -3.27. The van der Waals surface area contributed by atoms with Crippen LogP contribution in [-0.4, -0.2) is 38.6 Å². The van der Waals surface area contributed by atoms with Gasteiger partial charge in [-0.15, -0.1) is 0 Å². The molecule has 0 bridgehead atoms. The van der Waals surface area contributed by atoms with Gasteiger partial charge in [-0.25, -0.2) is 23.7 Å². The fourth-order valence-corrected chi connectivity index (χ4v) is 4.04. The summed E-state index contributed by atoms with van der Waals surface area (Å²) in [5, 5.41) is 2.61. The van der Waals surface area contributed by atoms with Crippen molar-refractivity contribution in [3.05, 3.63) is 47.4 Å². The van der Waals surface area contributed by atoms with E-state index in [1.807, 2.05) is 0 Å². The highest BCUT2D eigenvalue weighted by Gasteiger charge is 2.35. The van der Waals surface area contributed by atoms with Crippen LogP contribution in [0.4, 0.5) is 32.2 Å². The minimum Gasteiger partial charge on any atom is -0.361 e. The molecule has 0 amide bonds. The third-order valence-corrected chi connectivity index (χ3v) is 5.71. The maximum absolute atomic E-state index is 14.7. The van der Waals surface area contributed by atoms with E-state index in [2.05, 4.69) is 25.3 Å². The number of nitrogens with one attached hydrogen (secondary N) is 2. The van der Waals surface area contributed by atoms with E-state index in [-0.39, 0.29) is 36.6 Å². The average molecular weight is 457 g/mol. The van der Waals surface area contributed by atoms with Gasteiger partial charge in [0, 0.05) is 36.7 Å². The van der Waals surface area contributed by atoms with Crippen LogP contribution in [0.5, 0.6) is 0 Å². The fraction of sp³-hybridized carbons (Fsp3) is 0.476. The third kappa shape index (κ3) is 5.31. The highest BCUT2D eigenvalue weighted by Crippen LogP contribution is 2.37. The molecule has 0 radical (unpaired) electrons. The Kier molecular flexibility index (Phi) is 6.00. The van der Waals surface area contributed by atoms with Crippen molar-refractivity contribution in [2.75, 3.05) is 11.9 Å².